The lowest BCUT2D eigenvalue weighted by Gasteiger charge is -2.27. The van der Waals surface area contributed by atoms with E-state index in [9.17, 15) is 0 Å². The Hall–Kier alpha value is -7.62. The molecule has 0 aliphatic heterocycles. The van der Waals surface area contributed by atoms with Gasteiger partial charge in [-0.25, -0.2) is 0 Å². The summed E-state index contributed by atoms with van der Waals surface area (Å²) >= 11 is 0. The van der Waals surface area contributed by atoms with E-state index in [1.807, 2.05) is 24.3 Å². The van der Waals surface area contributed by atoms with Crippen LogP contribution in [0.4, 0.5) is 17.1 Å². The first-order chi connectivity index (χ1) is 28.3. The summed E-state index contributed by atoms with van der Waals surface area (Å²) in [4.78, 5) is 2.34. The fourth-order valence-corrected chi connectivity index (χ4v) is 8.37. The van der Waals surface area contributed by atoms with E-state index >= 15 is 0 Å². The van der Waals surface area contributed by atoms with Crippen LogP contribution in [-0.2, 0) is 0 Å². The Kier molecular flexibility index (Phi) is 7.82. The molecular weight excluding hydrogens is 695 g/mol. The van der Waals surface area contributed by atoms with Gasteiger partial charge in [0.1, 0.15) is 22.3 Å². The second-order valence-electron chi connectivity index (χ2n) is 14.5. The Morgan fingerprint density at radius 1 is 0.263 bits per heavy atom. The predicted octanol–water partition coefficient (Wildman–Crippen LogP) is 15.6. The van der Waals surface area contributed by atoms with E-state index < -0.39 is 0 Å². The monoisotopic (exact) mass is 729 g/mol. The van der Waals surface area contributed by atoms with Crippen molar-refractivity contribution in [3.63, 3.8) is 0 Å². The van der Waals surface area contributed by atoms with E-state index in [-0.39, 0.29) is 0 Å². The third-order valence-corrected chi connectivity index (χ3v) is 11.1. The van der Waals surface area contributed by atoms with Crippen LogP contribution in [0.25, 0.3) is 88.4 Å². The van der Waals surface area contributed by atoms with Crippen LogP contribution in [0.5, 0.6) is 0 Å². The number of rotatable bonds is 7. The van der Waals surface area contributed by atoms with Gasteiger partial charge in [-0.05, 0) is 81.9 Å². The topological polar surface area (TPSA) is 29.5 Å². The smallest absolute Gasteiger partial charge is 0.143 e. The zero-order valence-corrected chi connectivity index (χ0v) is 31.0. The first-order valence-corrected chi connectivity index (χ1v) is 19.3. The highest BCUT2D eigenvalue weighted by Crippen LogP contribution is 2.45. The molecule has 0 fully saturated rings. The van der Waals surface area contributed by atoms with Crippen LogP contribution in [0.15, 0.2) is 221 Å². The Labute approximate surface area is 330 Å². The minimum atomic E-state index is 0.885. The van der Waals surface area contributed by atoms with Gasteiger partial charge in [-0.1, -0.05) is 164 Å². The van der Waals surface area contributed by atoms with E-state index in [2.05, 4.69) is 193 Å². The maximum atomic E-state index is 6.64. The van der Waals surface area contributed by atoms with Gasteiger partial charge in [0, 0.05) is 49.7 Å². The molecule has 9 aromatic carbocycles. The molecule has 0 atom stereocenters. The van der Waals surface area contributed by atoms with Crippen LogP contribution < -0.4 is 4.90 Å². The maximum Gasteiger partial charge on any atom is 0.143 e. The van der Waals surface area contributed by atoms with E-state index in [4.69, 9.17) is 8.83 Å². The number of fused-ring (bicyclic) bond motifs is 6. The van der Waals surface area contributed by atoms with Crippen molar-refractivity contribution in [3.05, 3.63) is 212 Å². The summed E-state index contributed by atoms with van der Waals surface area (Å²) in [6, 6.07) is 75.1. The molecule has 0 amide bonds. The number of hydrogen-bond donors (Lipinski definition) is 0. The molecule has 0 saturated carbocycles. The van der Waals surface area contributed by atoms with Crippen molar-refractivity contribution in [1.82, 2.24) is 0 Å². The van der Waals surface area contributed by atoms with Crippen LogP contribution in [0.2, 0.25) is 0 Å². The first kappa shape index (κ1) is 32.8. The molecule has 2 heterocycles. The maximum absolute atomic E-state index is 6.64. The number of para-hydroxylation sites is 4. The fourth-order valence-electron chi connectivity index (χ4n) is 8.37. The summed E-state index contributed by atoms with van der Waals surface area (Å²) in [5.74, 6) is 0. The molecule has 11 aromatic rings. The molecule has 0 saturated heterocycles. The second-order valence-corrected chi connectivity index (χ2v) is 14.5. The Morgan fingerprint density at radius 3 is 1.32 bits per heavy atom. The molecule has 11 rings (SSSR count). The lowest BCUT2D eigenvalue weighted by atomic mass is 9.92. The molecule has 3 nitrogen and oxygen atoms in total. The van der Waals surface area contributed by atoms with Crippen molar-refractivity contribution in [2.75, 3.05) is 4.90 Å². The van der Waals surface area contributed by atoms with Gasteiger partial charge in [-0.2, -0.15) is 0 Å². The Bertz CT molecular complexity index is 3210. The molecule has 3 heteroatoms. The molecule has 2 aromatic heterocycles. The normalized spacial score (nSPS) is 11.5. The summed E-state index contributed by atoms with van der Waals surface area (Å²) < 4.78 is 13.1. The molecule has 268 valence electrons. The average molecular weight is 730 g/mol. The predicted molar refractivity (Wildman–Crippen MR) is 237 cm³/mol. The summed E-state index contributed by atoms with van der Waals surface area (Å²) in [6.07, 6.45) is 0. The second kappa shape index (κ2) is 13.6. The largest absolute Gasteiger partial charge is 0.455 e. The number of hydrogen-bond acceptors (Lipinski definition) is 3. The Balaban J connectivity index is 1.09. The van der Waals surface area contributed by atoms with Gasteiger partial charge in [0.05, 0.1) is 0 Å². The molecule has 0 unspecified atom stereocenters. The standard InChI is InChI=1S/C54H35NO2/c1-3-13-36(14-4-1)37-25-29-40(30-26-37)55(41-31-27-39(28-32-41)44-19-11-20-47-45-17-7-9-23-51(45)56-53(44)47)42-33-34-43(38-15-5-2-6-16-38)50(35-42)49-22-12-21-48-46-18-8-10-24-52(46)57-54(48)49/h1-35H. The van der Waals surface area contributed by atoms with E-state index in [0.717, 1.165) is 94.3 Å². The van der Waals surface area contributed by atoms with E-state index in [0.29, 0.717) is 0 Å². The van der Waals surface area contributed by atoms with E-state index in [1.165, 1.54) is 11.1 Å². The van der Waals surface area contributed by atoms with Crippen molar-refractivity contribution in [1.29, 1.82) is 0 Å². The van der Waals surface area contributed by atoms with Crippen molar-refractivity contribution >= 4 is 60.9 Å². The van der Waals surface area contributed by atoms with E-state index in [1.54, 1.807) is 0 Å². The third kappa shape index (κ3) is 5.68. The number of furan rings is 2. The molecule has 0 aliphatic rings. The number of benzene rings is 9. The lowest BCUT2D eigenvalue weighted by Crippen LogP contribution is -2.10. The van der Waals surface area contributed by atoms with Crippen LogP contribution in [0, 0.1) is 0 Å². The van der Waals surface area contributed by atoms with Gasteiger partial charge < -0.3 is 13.7 Å². The van der Waals surface area contributed by atoms with Crippen molar-refractivity contribution in [3.8, 4) is 44.5 Å². The quantitative estimate of drug-likeness (QED) is 0.164. The zero-order chi connectivity index (χ0) is 37.7. The van der Waals surface area contributed by atoms with Gasteiger partial charge in [0.15, 0.2) is 0 Å². The number of anilines is 3. The number of nitrogens with zero attached hydrogens (tertiary/aromatic N) is 1. The molecule has 57 heavy (non-hydrogen) atoms. The molecule has 0 N–H and O–H groups in total. The first-order valence-electron chi connectivity index (χ1n) is 19.3. The lowest BCUT2D eigenvalue weighted by molar-refractivity contribution is 0.669. The Morgan fingerprint density at radius 2 is 0.702 bits per heavy atom. The van der Waals surface area contributed by atoms with Gasteiger partial charge in [0.2, 0.25) is 0 Å². The van der Waals surface area contributed by atoms with Crippen LogP contribution in [-0.4, -0.2) is 0 Å². The highest BCUT2D eigenvalue weighted by Gasteiger charge is 2.20. The summed E-state index contributed by atoms with van der Waals surface area (Å²) in [7, 11) is 0. The van der Waals surface area contributed by atoms with Crippen LogP contribution in [0.1, 0.15) is 0 Å². The molecule has 0 aliphatic carbocycles. The van der Waals surface area contributed by atoms with Crippen LogP contribution >= 0.6 is 0 Å². The highest BCUT2D eigenvalue weighted by molar-refractivity contribution is 6.11. The van der Waals surface area contributed by atoms with Crippen molar-refractivity contribution in [2.24, 2.45) is 0 Å². The van der Waals surface area contributed by atoms with Crippen LogP contribution in [0.3, 0.4) is 0 Å². The summed E-state index contributed by atoms with van der Waals surface area (Å²) in [5, 5.41) is 4.48. The minimum Gasteiger partial charge on any atom is -0.455 e. The van der Waals surface area contributed by atoms with Gasteiger partial charge in [-0.15, -0.1) is 0 Å². The fraction of sp³-hybridized carbons (Fsp3) is 0. The molecular formula is C54H35NO2. The average Bonchev–Trinajstić information content (AvgIpc) is 3.87. The molecule has 0 bridgehead atoms. The highest BCUT2D eigenvalue weighted by atomic mass is 16.3. The zero-order valence-electron chi connectivity index (χ0n) is 31.0. The van der Waals surface area contributed by atoms with Crippen molar-refractivity contribution in [2.45, 2.75) is 0 Å². The summed E-state index contributed by atoms with van der Waals surface area (Å²) in [5.41, 5.74) is 15.7. The third-order valence-electron chi connectivity index (χ3n) is 11.1. The molecule has 0 spiro atoms. The minimum absolute atomic E-state index is 0.885. The van der Waals surface area contributed by atoms with Gasteiger partial charge >= 0.3 is 0 Å². The molecule has 0 radical (unpaired) electrons. The SMILES string of the molecule is c1ccc(-c2ccc(N(c3ccc(-c4cccc5c4oc4ccccc45)cc3)c3ccc(-c4ccccc4)c(-c4cccc5c4oc4ccccc45)c3)cc2)cc1. The van der Waals surface area contributed by atoms with Gasteiger partial charge in [0.25, 0.3) is 0 Å². The summed E-state index contributed by atoms with van der Waals surface area (Å²) in [6.45, 7) is 0. The van der Waals surface area contributed by atoms with Gasteiger partial charge in [-0.3, -0.25) is 0 Å². The van der Waals surface area contributed by atoms with Crippen molar-refractivity contribution < 1.29 is 8.83 Å².